The first-order chi connectivity index (χ1) is 6.56. The van der Waals surface area contributed by atoms with Crippen molar-refractivity contribution >= 4 is 5.97 Å². The fourth-order valence-electron chi connectivity index (χ4n) is 0.925. The van der Waals surface area contributed by atoms with Crippen LogP contribution >= 0.6 is 0 Å². The molecule has 0 spiro atoms. The Morgan fingerprint density at radius 2 is 2.29 bits per heavy atom. The number of aromatic carboxylic acids is 1. The van der Waals surface area contributed by atoms with Crippen LogP contribution in [0.1, 0.15) is 17.3 Å². The van der Waals surface area contributed by atoms with Crippen molar-refractivity contribution in [2.75, 3.05) is 6.61 Å². The second-order valence-corrected chi connectivity index (χ2v) is 2.46. The maximum absolute atomic E-state index is 11.0. The van der Waals surface area contributed by atoms with Crippen LogP contribution in [-0.4, -0.2) is 27.8 Å². The van der Waals surface area contributed by atoms with E-state index in [1.807, 2.05) is 0 Å². The van der Waals surface area contributed by atoms with E-state index in [1.165, 1.54) is 0 Å². The van der Waals surface area contributed by atoms with Gasteiger partial charge in [-0.3, -0.25) is 9.78 Å². The standard InChI is InChI=1S/C8H9NO5/c1-2-14-5-3-4(8(12)13)6(10)7(11)9-5/h3,10H,2H2,1H3,(H,9,11)(H,12,13). The summed E-state index contributed by atoms with van der Waals surface area (Å²) in [4.78, 5) is 23.7. The van der Waals surface area contributed by atoms with E-state index < -0.39 is 22.8 Å². The molecule has 6 heteroatoms. The molecule has 0 amide bonds. The summed E-state index contributed by atoms with van der Waals surface area (Å²) >= 11 is 0. The van der Waals surface area contributed by atoms with Crippen molar-refractivity contribution in [3.63, 3.8) is 0 Å². The Morgan fingerprint density at radius 1 is 1.64 bits per heavy atom. The molecule has 0 saturated carbocycles. The minimum Gasteiger partial charge on any atom is -0.502 e. The van der Waals surface area contributed by atoms with Gasteiger partial charge in [-0.25, -0.2) is 4.79 Å². The largest absolute Gasteiger partial charge is 0.502 e. The number of hydrogen-bond acceptors (Lipinski definition) is 4. The molecule has 76 valence electrons. The van der Waals surface area contributed by atoms with Gasteiger partial charge in [0.1, 0.15) is 5.56 Å². The normalized spacial score (nSPS) is 9.79. The number of hydrogen-bond donors (Lipinski definition) is 3. The highest BCUT2D eigenvalue weighted by Crippen LogP contribution is 2.15. The predicted molar refractivity (Wildman–Crippen MR) is 46.9 cm³/mol. The minimum atomic E-state index is -1.38. The van der Waals surface area contributed by atoms with Gasteiger partial charge in [0.25, 0.3) is 5.56 Å². The zero-order chi connectivity index (χ0) is 10.7. The highest BCUT2D eigenvalue weighted by Gasteiger charge is 2.14. The summed E-state index contributed by atoms with van der Waals surface area (Å²) in [5.74, 6) is -2.18. The first kappa shape index (κ1) is 10.1. The minimum absolute atomic E-state index is 0.0210. The Labute approximate surface area is 78.8 Å². The number of aromatic hydroxyl groups is 1. The van der Waals surface area contributed by atoms with Crippen LogP contribution in [0.2, 0.25) is 0 Å². The van der Waals surface area contributed by atoms with Crippen molar-refractivity contribution in [3.8, 4) is 11.6 Å². The molecular formula is C8H9NO5. The van der Waals surface area contributed by atoms with Gasteiger partial charge < -0.3 is 14.9 Å². The smallest absolute Gasteiger partial charge is 0.339 e. The number of nitrogens with one attached hydrogen (secondary N) is 1. The first-order valence-electron chi connectivity index (χ1n) is 3.88. The van der Waals surface area contributed by atoms with E-state index in [2.05, 4.69) is 4.98 Å². The monoisotopic (exact) mass is 199 g/mol. The third-order valence-electron chi connectivity index (χ3n) is 1.51. The van der Waals surface area contributed by atoms with Gasteiger partial charge in [0.2, 0.25) is 0 Å². The summed E-state index contributed by atoms with van der Waals surface area (Å²) in [7, 11) is 0. The molecule has 14 heavy (non-hydrogen) atoms. The molecule has 1 heterocycles. The van der Waals surface area contributed by atoms with Gasteiger partial charge in [0.05, 0.1) is 6.61 Å². The van der Waals surface area contributed by atoms with Crippen molar-refractivity contribution in [1.82, 2.24) is 4.98 Å². The third kappa shape index (κ3) is 1.85. The van der Waals surface area contributed by atoms with Crippen LogP contribution in [0.3, 0.4) is 0 Å². The van der Waals surface area contributed by atoms with Crippen molar-refractivity contribution in [2.45, 2.75) is 6.92 Å². The van der Waals surface area contributed by atoms with E-state index in [1.54, 1.807) is 6.92 Å². The quantitative estimate of drug-likeness (QED) is 0.644. The van der Waals surface area contributed by atoms with Crippen LogP contribution in [-0.2, 0) is 0 Å². The van der Waals surface area contributed by atoms with E-state index in [0.717, 1.165) is 6.07 Å². The number of carbonyl (C=O) groups is 1. The maximum Gasteiger partial charge on any atom is 0.339 e. The Balaban J connectivity index is 3.28. The lowest BCUT2D eigenvalue weighted by Crippen LogP contribution is -2.12. The first-order valence-corrected chi connectivity index (χ1v) is 3.88. The number of aromatic amines is 1. The van der Waals surface area contributed by atoms with Crippen molar-refractivity contribution in [1.29, 1.82) is 0 Å². The molecule has 0 atom stereocenters. The van der Waals surface area contributed by atoms with Crippen molar-refractivity contribution < 1.29 is 19.7 Å². The van der Waals surface area contributed by atoms with Gasteiger partial charge in [-0.2, -0.15) is 0 Å². The van der Waals surface area contributed by atoms with E-state index >= 15 is 0 Å². The topological polar surface area (TPSA) is 99.6 Å². The molecule has 0 aliphatic carbocycles. The number of ether oxygens (including phenoxy) is 1. The molecular weight excluding hydrogens is 190 g/mol. The maximum atomic E-state index is 11.0. The fraction of sp³-hybridized carbons (Fsp3) is 0.250. The molecule has 1 rings (SSSR count). The molecule has 6 nitrogen and oxygen atoms in total. The number of H-pyrrole nitrogens is 1. The number of carboxylic acids is 1. The van der Waals surface area contributed by atoms with Crippen LogP contribution in [0.15, 0.2) is 10.9 Å². The highest BCUT2D eigenvalue weighted by molar-refractivity contribution is 5.90. The predicted octanol–water partition coefficient (Wildman–Crippen LogP) is 0.177. The summed E-state index contributed by atoms with van der Waals surface area (Å²) < 4.78 is 4.90. The fourth-order valence-corrected chi connectivity index (χ4v) is 0.925. The summed E-state index contributed by atoms with van der Waals surface area (Å²) in [6, 6.07) is 1.06. The molecule has 0 saturated heterocycles. The van der Waals surface area contributed by atoms with Crippen LogP contribution in [0, 0.1) is 0 Å². The highest BCUT2D eigenvalue weighted by atomic mass is 16.5. The number of pyridine rings is 1. The molecule has 0 aliphatic rings. The second-order valence-electron chi connectivity index (χ2n) is 2.46. The van der Waals surface area contributed by atoms with Gasteiger partial charge in [0, 0.05) is 6.07 Å². The Kier molecular flexibility index (Phi) is 2.76. The third-order valence-corrected chi connectivity index (χ3v) is 1.51. The van der Waals surface area contributed by atoms with E-state index in [9.17, 15) is 9.59 Å². The SMILES string of the molecule is CCOc1cc(C(=O)O)c(O)c(=O)[nH]1. The summed E-state index contributed by atoms with van der Waals surface area (Å²) in [6.45, 7) is 1.98. The summed E-state index contributed by atoms with van der Waals surface area (Å²) in [5.41, 5.74) is -1.36. The average molecular weight is 199 g/mol. The van der Waals surface area contributed by atoms with Gasteiger partial charge in [-0.15, -0.1) is 0 Å². The van der Waals surface area contributed by atoms with Crippen LogP contribution in [0.25, 0.3) is 0 Å². The van der Waals surface area contributed by atoms with E-state index in [4.69, 9.17) is 14.9 Å². The number of rotatable bonds is 3. The molecule has 0 unspecified atom stereocenters. The van der Waals surface area contributed by atoms with Crippen molar-refractivity contribution in [2.24, 2.45) is 0 Å². The van der Waals surface area contributed by atoms with E-state index in [0.29, 0.717) is 6.61 Å². The number of carboxylic acid groups (broad SMARTS) is 1. The lowest BCUT2D eigenvalue weighted by atomic mass is 10.2. The molecule has 1 aromatic heterocycles. The zero-order valence-corrected chi connectivity index (χ0v) is 7.40. The van der Waals surface area contributed by atoms with Gasteiger partial charge >= 0.3 is 5.97 Å². The average Bonchev–Trinajstić information content (AvgIpc) is 2.11. The molecule has 0 aliphatic heterocycles. The lowest BCUT2D eigenvalue weighted by molar-refractivity contribution is 0.0692. The second kappa shape index (κ2) is 3.82. The molecule has 0 fully saturated rings. The molecule has 0 radical (unpaired) electrons. The molecule has 3 N–H and O–H groups in total. The van der Waals surface area contributed by atoms with Crippen LogP contribution < -0.4 is 10.3 Å². The zero-order valence-electron chi connectivity index (χ0n) is 7.40. The number of aromatic nitrogens is 1. The molecule has 0 bridgehead atoms. The summed E-state index contributed by atoms with van der Waals surface area (Å²) in [6.07, 6.45) is 0. The lowest BCUT2D eigenvalue weighted by Gasteiger charge is -2.04. The van der Waals surface area contributed by atoms with Crippen LogP contribution in [0.5, 0.6) is 11.6 Å². The Bertz CT molecular complexity index is 409. The van der Waals surface area contributed by atoms with Gasteiger partial charge in [-0.05, 0) is 6.92 Å². The Hall–Kier alpha value is -1.98. The molecule has 1 aromatic rings. The van der Waals surface area contributed by atoms with Gasteiger partial charge in [-0.1, -0.05) is 0 Å². The Morgan fingerprint density at radius 3 is 2.79 bits per heavy atom. The molecule has 0 aromatic carbocycles. The van der Waals surface area contributed by atoms with Gasteiger partial charge in [0.15, 0.2) is 11.6 Å². The van der Waals surface area contributed by atoms with Crippen molar-refractivity contribution in [3.05, 3.63) is 22.0 Å². The van der Waals surface area contributed by atoms with Crippen LogP contribution in [0.4, 0.5) is 0 Å². The van der Waals surface area contributed by atoms with E-state index in [-0.39, 0.29) is 5.88 Å². The summed E-state index contributed by atoms with van der Waals surface area (Å²) in [5, 5.41) is 17.7.